The normalized spacial score (nSPS) is 15.9. The van der Waals surface area contributed by atoms with Crippen LogP contribution in [0.25, 0.3) is 10.8 Å². The smallest absolute Gasteiger partial charge is 0.332 e. The number of benzene rings is 4. The molecule has 0 saturated carbocycles. The third-order valence-electron chi connectivity index (χ3n) is 8.46. The number of halogens is 2. The van der Waals surface area contributed by atoms with Gasteiger partial charge in [-0.05, 0) is 65.6 Å². The minimum atomic E-state index is -0.784. The molecule has 0 unspecified atom stereocenters. The monoisotopic (exact) mass is 688 g/mol. The van der Waals surface area contributed by atoms with Gasteiger partial charge in [0, 0.05) is 58.4 Å². The molecule has 11 heteroatoms. The molecule has 4 amide bonds. The van der Waals surface area contributed by atoms with Crippen LogP contribution in [0.4, 0.5) is 10.5 Å². The maximum atomic E-state index is 14.3. The van der Waals surface area contributed by atoms with Crippen LogP contribution in [-0.4, -0.2) is 78.6 Å². The number of hydrogen-bond acceptors (Lipinski definition) is 5. The lowest BCUT2D eigenvalue weighted by molar-refractivity contribution is -0.136. The summed E-state index contributed by atoms with van der Waals surface area (Å²) in [5, 5.41) is 12.2. The summed E-state index contributed by atoms with van der Waals surface area (Å²) < 4.78 is 0. The van der Waals surface area contributed by atoms with Crippen molar-refractivity contribution < 1.29 is 14.4 Å². The van der Waals surface area contributed by atoms with Crippen molar-refractivity contribution in [3.8, 4) is 0 Å². The highest BCUT2D eigenvalue weighted by Gasteiger charge is 2.33. The van der Waals surface area contributed by atoms with Crippen LogP contribution in [-0.2, 0) is 29.1 Å². The highest BCUT2D eigenvalue weighted by atomic mass is 35.5. The molecule has 2 N–H and O–H groups in total. The second-order valence-corrected chi connectivity index (χ2v) is 13.3. The highest BCUT2D eigenvalue weighted by Crippen LogP contribution is 2.24. The van der Waals surface area contributed by atoms with Crippen LogP contribution >= 0.6 is 23.2 Å². The number of amides is 4. The van der Waals surface area contributed by atoms with E-state index in [1.807, 2.05) is 81.4 Å². The second kappa shape index (κ2) is 15.7. The zero-order valence-electron chi connectivity index (χ0n) is 27.7. The zero-order valence-corrected chi connectivity index (χ0v) is 29.3. The van der Waals surface area contributed by atoms with Gasteiger partial charge in [0.05, 0.1) is 16.6 Å². The summed E-state index contributed by atoms with van der Waals surface area (Å²) in [5.74, 6) is -0.511. The van der Waals surface area contributed by atoms with Gasteiger partial charge in [0.25, 0.3) is 0 Å². The largest absolute Gasteiger partial charge is 0.378 e. The molecular weight excluding hydrogens is 647 g/mol. The quantitative estimate of drug-likeness (QED) is 0.221. The molecule has 1 saturated heterocycles. The van der Waals surface area contributed by atoms with Gasteiger partial charge in [-0.2, -0.15) is 0 Å². The molecule has 1 atom stereocenters. The lowest BCUT2D eigenvalue weighted by Gasteiger charge is -2.37. The lowest BCUT2D eigenvalue weighted by atomic mass is 10.0. The van der Waals surface area contributed by atoms with Crippen LogP contribution in [0.2, 0.25) is 10.0 Å². The van der Waals surface area contributed by atoms with E-state index in [1.54, 1.807) is 33.1 Å². The molecule has 4 aromatic rings. The van der Waals surface area contributed by atoms with Gasteiger partial charge in [0.15, 0.2) is 0 Å². The summed E-state index contributed by atoms with van der Waals surface area (Å²) in [7, 11) is 3.95. The second-order valence-electron chi connectivity index (χ2n) is 12.5. The topological polar surface area (TPSA) is 88.2 Å². The van der Waals surface area contributed by atoms with Crippen molar-refractivity contribution in [2.45, 2.75) is 45.4 Å². The minimum Gasteiger partial charge on any atom is -0.378 e. The molecule has 0 spiro atoms. The number of carbonyl (C=O) groups is 3. The third kappa shape index (κ3) is 8.58. The Bertz CT molecular complexity index is 1760. The molecule has 5 rings (SSSR count). The zero-order chi connectivity index (χ0) is 34.4. The summed E-state index contributed by atoms with van der Waals surface area (Å²) in [5.41, 5.74) is 3.78. The van der Waals surface area contributed by atoms with Crippen molar-refractivity contribution in [3.05, 3.63) is 112 Å². The molecule has 1 fully saturated rings. The Morgan fingerprint density at radius 1 is 0.917 bits per heavy atom. The van der Waals surface area contributed by atoms with E-state index in [1.165, 1.54) is 0 Å². The number of carbonyl (C=O) groups excluding carboxylic acids is 3. The van der Waals surface area contributed by atoms with E-state index in [9.17, 15) is 14.4 Å². The Labute approximate surface area is 292 Å². The average molecular weight is 690 g/mol. The summed E-state index contributed by atoms with van der Waals surface area (Å²) in [6.07, 6.45) is 0.336. The molecule has 0 aromatic heterocycles. The fourth-order valence-electron chi connectivity index (χ4n) is 5.99. The number of hydrogen-bond donors (Lipinski definition) is 2. The van der Waals surface area contributed by atoms with Crippen molar-refractivity contribution in [3.63, 3.8) is 0 Å². The van der Waals surface area contributed by atoms with Gasteiger partial charge in [-0.1, -0.05) is 83.9 Å². The maximum Gasteiger partial charge on any atom is 0.332 e. The number of rotatable bonds is 9. The van der Waals surface area contributed by atoms with Crippen molar-refractivity contribution in [2.75, 3.05) is 38.6 Å². The van der Waals surface area contributed by atoms with E-state index in [0.717, 1.165) is 33.2 Å². The van der Waals surface area contributed by atoms with E-state index in [0.29, 0.717) is 29.6 Å². The number of hydrazine groups is 1. The van der Waals surface area contributed by atoms with Crippen LogP contribution < -0.4 is 15.5 Å². The van der Waals surface area contributed by atoms with E-state index in [-0.39, 0.29) is 43.5 Å². The predicted octanol–water partition coefficient (Wildman–Crippen LogP) is 6.12. The number of nitrogens with one attached hydrogen (secondary N) is 2. The molecule has 1 aliphatic rings. The van der Waals surface area contributed by atoms with Gasteiger partial charge < -0.3 is 20.4 Å². The van der Waals surface area contributed by atoms with E-state index < -0.39 is 6.04 Å². The first-order chi connectivity index (χ1) is 23.0. The first-order valence-electron chi connectivity index (χ1n) is 16.1. The van der Waals surface area contributed by atoms with Gasteiger partial charge in [-0.3, -0.25) is 14.6 Å². The number of fused-ring (bicyclic) bond motifs is 1. The molecule has 0 bridgehead atoms. The Balaban J connectivity index is 1.42. The molecule has 1 heterocycles. The highest BCUT2D eigenvalue weighted by molar-refractivity contribution is 6.42. The number of nitrogens with zero attached hydrogens (tertiary/aromatic N) is 4. The molecule has 0 radical (unpaired) electrons. The molecule has 4 aromatic carbocycles. The molecule has 1 aliphatic heterocycles. The first-order valence-corrected chi connectivity index (χ1v) is 16.8. The predicted molar refractivity (Wildman–Crippen MR) is 193 cm³/mol. The Morgan fingerprint density at radius 2 is 1.62 bits per heavy atom. The Morgan fingerprint density at radius 3 is 2.33 bits per heavy atom. The van der Waals surface area contributed by atoms with Crippen molar-refractivity contribution in [2.24, 2.45) is 0 Å². The minimum absolute atomic E-state index is 0.0934. The van der Waals surface area contributed by atoms with Crippen molar-refractivity contribution in [1.29, 1.82) is 0 Å². The first kappa shape index (κ1) is 35.0. The third-order valence-corrected chi connectivity index (χ3v) is 9.20. The number of urea groups is 1. The average Bonchev–Trinajstić information content (AvgIpc) is 3.11. The van der Waals surface area contributed by atoms with E-state index in [4.69, 9.17) is 23.2 Å². The standard InChI is InChI=1S/C37H42Cl2N6O3/c1-25(2)45(37(48)40-22-27-14-17-32(38)33(39)20-27)44-19-18-43(23-29-10-7-9-28-8-5-6-11-31(28)29)36(47)34(41-35(46)24-44)21-26-12-15-30(16-13-26)42(3)4/h5-17,20,25,34H,18-19,21-24H2,1-4H3,(H,40,48)(H,41,46)/t34-/m0/s1. The summed E-state index contributed by atoms with van der Waals surface area (Å²) in [6.45, 7) is 4.84. The van der Waals surface area contributed by atoms with Gasteiger partial charge in [0.1, 0.15) is 6.04 Å². The fraction of sp³-hybridized carbons (Fsp3) is 0.324. The van der Waals surface area contributed by atoms with Gasteiger partial charge in [-0.25, -0.2) is 9.80 Å². The Kier molecular flexibility index (Phi) is 11.5. The molecular formula is C37H42Cl2N6O3. The molecule has 0 aliphatic carbocycles. The summed E-state index contributed by atoms with van der Waals surface area (Å²) in [4.78, 5) is 45.4. The van der Waals surface area contributed by atoms with Crippen LogP contribution in [0.15, 0.2) is 84.9 Å². The van der Waals surface area contributed by atoms with Crippen LogP contribution in [0.5, 0.6) is 0 Å². The van der Waals surface area contributed by atoms with Gasteiger partial charge in [-0.15, -0.1) is 0 Å². The molecule has 252 valence electrons. The van der Waals surface area contributed by atoms with Crippen LogP contribution in [0, 0.1) is 0 Å². The number of anilines is 1. The van der Waals surface area contributed by atoms with Gasteiger partial charge >= 0.3 is 6.03 Å². The van der Waals surface area contributed by atoms with Crippen LogP contribution in [0.3, 0.4) is 0 Å². The lowest BCUT2D eigenvalue weighted by Crippen LogP contribution is -2.57. The van der Waals surface area contributed by atoms with E-state index in [2.05, 4.69) is 28.8 Å². The van der Waals surface area contributed by atoms with Crippen molar-refractivity contribution in [1.82, 2.24) is 25.6 Å². The van der Waals surface area contributed by atoms with E-state index >= 15 is 0 Å². The van der Waals surface area contributed by atoms with Gasteiger partial charge in [0.2, 0.25) is 11.8 Å². The molecule has 48 heavy (non-hydrogen) atoms. The summed E-state index contributed by atoms with van der Waals surface area (Å²) in [6, 6.07) is 25.9. The molecule has 9 nitrogen and oxygen atoms in total. The van der Waals surface area contributed by atoms with Crippen molar-refractivity contribution >= 4 is 57.5 Å². The SMILES string of the molecule is CC(C)N(C(=O)NCc1ccc(Cl)c(Cl)c1)N1CCN(Cc2cccc3ccccc23)C(=O)[C@H](Cc2ccc(N(C)C)cc2)NC(=O)C1. The van der Waals surface area contributed by atoms with Crippen LogP contribution in [0.1, 0.15) is 30.5 Å². The summed E-state index contributed by atoms with van der Waals surface area (Å²) >= 11 is 12.3. The maximum absolute atomic E-state index is 14.3. The fourth-order valence-corrected chi connectivity index (χ4v) is 6.31. The Hall–Kier alpha value is -4.31.